The lowest BCUT2D eigenvalue weighted by atomic mass is 10.1. The zero-order chi connectivity index (χ0) is 23.1. The highest BCUT2D eigenvalue weighted by molar-refractivity contribution is 9.10. The molecular formula is C25H21BrN2O4. The Hall–Kier alpha value is -3.71. The van der Waals surface area contributed by atoms with Crippen LogP contribution in [-0.4, -0.2) is 24.7 Å². The van der Waals surface area contributed by atoms with Crippen LogP contribution >= 0.6 is 15.9 Å². The normalized spacial score (nSPS) is 10.9. The fourth-order valence-corrected chi connectivity index (χ4v) is 3.26. The van der Waals surface area contributed by atoms with Crippen molar-refractivity contribution >= 4 is 45.3 Å². The van der Waals surface area contributed by atoms with Crippen LogP contribution in [0.15, 0.2) is 83.0 Å². The summed E-state index contributed by atoms with van der Waals surface area (Å²) in [5.41, 5.74) is 2.06. The molecule has 0 fully saturated rings. The summed E-state index contributed by atoms with van der Waals surface area (Å²) >= 11 is 3.34. The van der Waals surface area contributed by atoms with Gasteiger partial charge >= 0.3 is 0 Å². The van der Waals surface area contributed by atoms with Crippen molar-refractivity contribution in [2.75, 3.05) is 12.4 Å². The Morgan fingerprint density at radius 1 is 0.906 bits per heavy atom. The van der Waals surface area contributed by atoms with Crippen LogP contribution in [0, 0.1) is 0 Å². The smallest absolute Gasteiger partial charge is 0.272 e. The standard InChI is InChI=1S/C25H21BrN2O4/c1-16(29)18-5-4-8-21(15-18)27-25(31)23(13-17-9-11-22(32-2)12-10-17)28-24(30)19-6-3-7-20(26)14-19/h3-15H,1-2H3,(H,27,31)(H,28,30)/b23-13+. The van der Waals surface area contributed by atoms with Crippen LogP contribution in [0.1, 0.15) is 33.2 Å². The molecule has 0 aliphatic heterocycles. The molecule has 7 heteroatoms. The van der Waals surface area contributed by atoms with Crippen molar-refractivity contribution in [3.8, 4) is 5.75 Å². The molecule has 32 heavy (non-hydrogen) atoms. The molecule has 0 radical (unpaired) electrons. The molecule has 0 saturated carbocycles. The van der Waals surface area contributed by atoms with E-state index in [4.69, 9.17) is 4.74 Å². The van der Waals surface area contributed by atoms with E-state index in [1.165, 1.54) is 6.92 Å². The zero-order valence-corrected chi connectivity index (χ0v) is 19.1. The molecule has 3 rings (SSSR count). The van der Waals surface area contributed by atoms with Crippen LogP contribution in [0.5, 0.6) is 5.75 Å². The van der Waals surface area contributed by atoms with Crippen molar-refractivity contribution in [2.24, 2.45) is 0 Å². The first-order chi connectivity index (χ1) is 15.4. The van der Waals surface area contributed by atoms with Crippen molar-refractivity contribution in [2.45, 2.75) is 6.92 Å². The maximum atomic E-state index is 13.0. The van der Waals surface area contributed by atoms with E-state index in [0.29, 0.717) is 28.1 Å². The number of halogens is 1. The molecule has 3 aromatic carbocycles. The molecule has 0 aliphatic carbocycles. The first-order valence-corrected chi connectivity index (χ1v) is 10.5. The van der Waals surface area contributed by atoms with E-state index in [1.54, 1.807) is 86.0 Å². The van der Waals surface area contributed by atoms with E-state index in [1.807, 2.05) is 0 Å². The van der Waals surface area contributed by atoms with Crippen molar-refractivity contribution < 1.29 is 19.1 Å². The number of ether oxygens (including phenoxy) is 1. The van der Waals surface area contributed by atoms with Gasteiger partial charge in [0.25, 0.3) is 11.8 Å². The van der Waals surface area contributed by atoms with Gasteiger partial charge in [0.05, 0.1) is 7.11 Å². The van der Waals surface area contributed by atoms with Gasteiger partial charge in [-0.2, -0.15) is 0 Å². The predicted molar refractivity (Wildman–Crippen MR) is 128 cm³/mol. The molecule has 0 bridgehead atoms. The molecule has 0 atom stereocenters. The Morgan fingerprint density at radius 3 is 2.25 bits per heavy atom. The third-order valence-corrected chi connectivity index (χ3v) is 5.03. The van der Waals surface area contributed by atoms with E-state index in [0.717, 1.165) is 4.47 Å². The Labute approximate surface area is 194 Å². The van der Waals surface area contributed by atoms with Gasteiger partial charge in [0.15, 0.2) is 5.78 Å². The first-order valence-electron chi connectivity index (χ1n) is 9.71. The number of amides is 2. The van der Waals surface area contributed by atoms with Gasteiger partial charge < -0.3 is 15.4 Å². The SMILES string of the molecule is COc1ccc(/C=C(/NC(=O)c2cccc(Br)c2)C(=O)Nc2cccc(C(C)=O)c2)cc1. The van der Waals surface area contributed by atoms with Gasteiger partial charge in [-0.3, -0.25) is 14.4 Å². The second-order valence-corrected chi connectivity index (χ2v) is 7.80. The highest BCUT2D eigenvalue weighted by Gasteiger charge is 2.16. The number of ketones is 1. The van der Waals surface area contributed by atoms with Crippen molar-refractivity contribution in [3.05, 3.63) is 99.7 Å². The third kappa shape index (κ3) is 6.15. The van der Waals surface area contributed by atoms with Gasteiger partial charge in [0, 0.05) is 21.3 Å². The first kappa shape index (κ1) is 23.0. The minimum atomic E-state index is -0.523. The quantitative estimate of drug-likeness (QED) is 0.356. The molecule has 162 valence electrons. The van der Waals surface area contributed by atoms with Crippen LogP contribution in [0.25, 0.3) is 6.08 Å². The van der Waals surface area contributed by atoms with Gasteiger partial charge in [-0.1, -0.05) is 46.3 Å². The summed E-state index contributed by atoms with van der Waals surface area (Å²) < 4.78 is 5.91. The third-order valence-electron chi connectivity index (χ3n) is 4.53. The van der Waals surface area contributed by atoms with Gasteiger partial charge in [-0.05, 0) is 61.0 Å². The fraction of sp³-hybridized carbons (Fsp3) is 0.0800. The topological polar surface area (TPSA) is 84.5 Å². The minimum absolute atomic E-state index is 0.0494. The van der Waals surface area contributed by atoms with Crippen molar-refractivity contribution in [1.82, 2.24) is 5.32 Å². The predicted octanol–water partition coefficient (Wildman–Crippen LogP) is 5.07. The van der Waals surface area contributed by atoms with Crippen LogP contribution < -0.4 is 15.4 Å². The van der Waals surface area contributed by atoms with E-state index in [2.05, 4.69) is 26.6 Å². The number of hydrogen-bond donors (Lipinski definition) is 2. The molecule has 0 aliphatic rings. The van der Waals surface area contributed by atoms with E-state index < -0.39 is 11.8 Å². The average molecular weight is 493 g/mol. The Kier molecular flexibility index (Phi) is 7.57. The summed E-state index contributed by atoms with van der Waals surface area (Å²) in [5.74, 6) is -0.394. The highest BCUT2D eigenvalue weighted by atomic mass is 79.9. The number of Topliss-reactive ketones (excluding diaryl/α,β-unsaturated/α-hetero) is 1. The maximum Gasteiger partial charge on any atom is 0.272 e. The van der Waals surface area contributed by atoms with Crippen molar-refractivity contribution in [1.29, 1.82) is 0 Å². The van der Waals surface area contributed by atoms with Gasteiger partial charge in [0.2, 0.25) is 0 Å². The second-order valence-electron chi connectivity index (χ2n) is 6.89. The number of carbonyl (C=O) groups is 3. The molecule has 0 heterocycles. The molecule has 0 unspecified atom stereocenters. The van der Waals surface area contributed by atoms with Gasteiger partial charge in [-0.25, -0.2) is 0 Å². The molecule has 6 nitrogen and oxygen atoms in total. The molecule has 0 spiro atoms. The van der Waals surface area contributed by atoms with Crippen LogP contribution in [-0.2, 0) is 4.79 Å². The largest absolute Gasteiger partial charge is 0.497 e. The van der Waals surface area contributed by atoms with Gasteiger partial charge in [-0.15, -0.1) is 0 Å². The lowest BCUT2D eigenvalue weighted by molar-refractivity contribution is -0.113. The number of hydrogen-bond acceptors (Lipinski definition) is 4. The number of nitrogens with one attached hydrogen (secondary N) is 2. The molecule has 0 saturated heterocycles. The average Bonchev–Trinajstić information content (AvgIpc) is 2.79. The lowest BCUT2D eigenvalue weighted by Crippen LogP contribution is -2.30. The molecule has 2 amide bonds. The number of methoxy groups -OCH3 is 1. The Morgan fingerprint density at radius 2 is 1.59 bits per heavy atom. The van der Waals surface area contributed by atoms with E-state index in [9.17, 15) is 14.4 Å². The van der Waals surface area contributed by atoms with Crippen LogP contribution in [0.3, 0.4) is 0 Å². The molecular weight excluding hydrogens is 472 g/mol. The van der Waals surface area contributed by atoms with Gasteiger partial charge in [0.1, 0.15) is 11.4 Å². The summed E-state index contributed by atoms with van der Waals surface area (Å²) in [6.07, 6.45) is 1.57. The molecule has 3 aromatic rings. The maximum absolute atomic E-state index is 13.0. The van der Waals surface area contributed by atoms with Crippen LogP contribution in [0.2, 0.25) is 0 Å². The van der Waals surface area contributed by atoms with E-state index >= 15 is 0 Å². The monoisotopic (exact) mass is 492 g/mol. The summed E-state index contributed by atoms with van der Waals surface area (Å²) in [4.78, 5) is 37.5. The zero-order valence-electron chi connectivity index (χ0n) is 17.5. The molecule has 2 N–H and O–H groups in total. The second kappa shape index (κ2) is 10.5. The number of benzene rings is 3. The number of rotatable bonds is 7. The highest BCUT2D eigenvalue weighted by Crippen LogP contribution is 2.17. The number of carbonyl (C=O) groups excluding carboxylic acids is 3. The summed E-state index contributed by atoms with van der Waals surface area (Å²) in [6, 6.07) is 20.5. The minimum Gasteiger partial charge on any atom is -0.497 e. The Bertz CT molecular complexity index is 1190. The number of anilines is 1. The summed E-state index contributed by atoms with van der Waals surface area (Å²) in [6.45, 7) is 1.45. The van der Waals surface area contributed by atoms with Crippen LogP contribution in [0.4, 0.5) is 5.69 Å². The Balaban J connectivity index is 1.90. The van der Waals surface area contributed by atoms with E-state index in [-0.39, 0.29) is 11.5 Å². The lowest BCUT2D eigenvalue weighted by Gasteiger charge is -2.12. The van der Waals surface area contributed by atoms with Crippen molar-refractivity contribution in [3.63, 3.8) is 0 Å². The fourth-order valence-electron chi connectivity index (χ4n) is 2.86. The summed E-state index contributed by atoms with van der Waals surface area (Å²) in [7, 11) is 1.57. The summed E-state index contributed by atoms with van der Waals surface area (Å²) in [5, 5.41) is 5.43. The molecule has 0 aromatic heterocycles.